The first-order chi connectivity index (χ1) is 5.90. The molecule has 4 nitrogen and oxygen atoms in total. The number of nitrogens with two attached hydrogens (primary N) is 1. The molecule has 1 rings (SSSR count). The van der Waals surface area contributed by atoms with Gasteiger partial charge in [0, 0.05) is 0 Å². The summed E-state index contributed by atoms with van der Waals surface area (Å²) in [5, 5.41) is 0. The van der Waals surface area contributed by atoms with Crippen LogP contribution in [0.3, 0.4) is 0 Å². The van der Waals surface area contributed by atoms with E-state index in [0.717, 1.165) is 6.07 Å². The summed E-state index contributed by atoms with van der Waals surface area (Å²) in [4.78, 5) is 0. The Morgan fingerprint density at radius 3 is 2.54 bits per heavy atom. The molecule has 0 fully saturated rings. The minimum atomic E-state index is -5.21. The van der Waals surface area contributed by atoms with E-state index in [-0.39, 0.29) is 5.69 Å². The molecule has 0 atom stereocenters. The summed E-state index contributed by atoms with van der Waals surface area (Å²) < 4.78 is 48.4. The summed E-state index contributed by atoms with van der Waals surface area (Å²) in [7, 11) is -5.21. The van der Waals surface area contributed by atoms with Crippen molar-refractivity contribution in [2.45, 2.75) is 0 Å². The van der Waals surface area contributed by atoms with E-state index in [2.05, 4.69) is 4.18 Å². The third kappa shape index (κ3) is 2.55. The van der Waals surface area contributed by atoms with E-state index in [1.165, 1.54) is 12.1 Å². The Morgan fingerprint density at radius 2 is 2.00 bits per heavy atom. The number of rotatable bonds is 2. The smallest absolute Gasteiger partial charge is 0.396 e. The van der Waals surface area contributed by atoms with Crippen LogP contribution in [0, 0.1) is 5.82 Å². The van der Waals surface area contributed by atoms with Crippen LogP contribution in [0.4, 0.5) is 14.0 Å². The zero-order chi connectivity index (χ0) is 10.1. The molecule has 0 amide bonds. The molecule has 0 saturated heterocycles. The molecule has 1 aromatic carbocycles. The number of nitrogen functional groups attached to an aromatic ring is 1. The van der Waals surface area contributed by atoms with Gasteiger partial charge in [0.05, 0.1) is 5.69 Å². The lowest BCUT2D eigenvalue weighted by Gasteiger charge is -2.02. The lowest BCUT2D eigenvalue weighted by atomic mass is 10.3. The second-order valence-electron chi connectivity index (χ2n) is 2.14. The Hall–Kier alpha value is -1.37. The van der Waals surface area contributed by atoms with E-state index in [1.807, 2.05) is 0 Å². The summed E-state index contributed by atoms with van der Waals surface area (Å²) in [6, 6.07) is 3.37. The Bertz CT molecular complexity index is 418. The Kier molecular flexibility index (Phi) is 2.37. The zero-order valence-electron chi connectivity index (χ0n) is 6.20. The molecule has 0 aliphatic rings. The zero-order valence-corrected chi connectivity index (χ0v) is 7.01. The van der Waals surface area contributed by atoms with Crippen LogP contribution in [-0.2, 0) is 10.5 Å². The van der Waals surface area contributed by atoms with Gasteiger partial charge in [0.2, 0.25) is 0 Å². The molecule has 0 aliphatic carbocycles. The minimum absolute atomic E-state index is 0.318. The van der Waals surface area contributed by atoms with Crippen molar-refractivity contribution in [3.63, 3.8) is 0 Å². The second-order valence-corrected chi connectivity index (χ2v) is 3.09. The van der Waals surface area contributed by atoms with Crippen LogP contribution >= 0.6 is 0 Å². The summed E-state index contributed by atoms with van der Waals surface area (Å²) in [6.45, 7) is 0. The largest absolute Gasteiger partial charge is 0.488 e. The highest BCUT2D eigenvalue weighted by molar-refractivity contribution is 7.81. The lowest BCUT2D eigenvalue weighted by molar-refractivity contribution is 0.424. The molecular weight excluding hydrogens is 204 g/mol. The predicted octanol–water partition coefficient (Wildman–Crippen LogP) is 1.00. The molecule has 0 aliphatic heterocycles. The van der Waals surface area contributed by atoms with Crippen molar-refractivity contribution in [3.8, 4) is 5.75 Å². The van der Waals surface area contributed by atoms with Gasteiger partial charge in [-0.3, -0.25) is 0 Å². The highest BCUT2D eigenvalue weighted by Crippen LogP contribution is 2.23. The normalized spacial score (nSPS) is 11.2. The molecule has 0 aromatic heterocycles. The van der Waals surface area contributed by atoms with Crippen LogP contribution in [0.25, 0.3) is 0 Å². The number of halogens is 2. The number of hydrogen-bond donors (Lipinski definition) is 1. The van der Waals surface area contributed by atoms with Crippen LogP contribution in [0.2, 0.25) is 0 Å². The van der Waals surface area contributed by atoms with Crippen LogP contribution in [0.5, 0.6) is 5.75 Å². The van der Waals surface area contributed by atoms with E-state index in [1.54, 1.807) is 0 Å². The molecule has 0 heterocycles. The lowest BCUT2D eigenvalue weighted by Crippen LogP contribution is -2.04. The molecule has 72 valence electrons. The average molecular weight is 209 g/mol. The highest BCUT2D eigenvalue weighted by atomic mass is 32.3. The van der Waals surface area contributed by atoms with Gasteiger partial charge in [-0.2, -0.15) is 8.42 Å². The molecule has 13 heavy (non-hydrogen) atoms. The molecule has 0 bridgehead atoms. The first-order valence-electron chi connectivity index (χ1n) is 3.08. The van der Waals surface area contributed by atoms with Gasteiger partial charge in [-0.05, 0) is 12.1 Å². The maximum Gasteiger partial charge on any atom is 0.488 e. The van der Waals surface area contributed by atoms with Crippen molar-refractivity contribution in [2.75, 3.05) is 5.73 Å². The summed E-state index contributed by atoms with van der Waals surface area (Å²) >= 11 is 0. The first-order valence-corrected chi connectivity index (χ1v) is 4.39. The maximum atomic E-state index is 12.9. The van der Waals surface area contributed by atoms with Gasteiger partial charge in [0.25, 0.3) is 0 Å². The van der Waals surface area contributed by atoms with Crippen LogP contribution in [-0.4, -0.2) is 8.42 Å². The van der Waals surface area contributed by atoms with Crippen molar-refractivity contribution < 1.29 is 20.9 Å². The topological polar surface area (TPSA) is 69.4 Å². The average Bonchev–Trinajstić information content (AvgIpc) is 1.96. The van der Waals surface area contributed by atoms with Gasteiger partial charge < -0.3 is 9.92 Å². The molecule has 2 N–H and O–H groups in total. The summed E-state index contributed by atoms with van der Waals surface area (Å²) in [5.41, 5.74) is 4.75. The Morgan fingerprint density at radius 1 is 1.38 bits per heavy atom. The molecule has 0 unspecified atom stereocenters. The maximum absolute atomic E-state index is 12.9. The van der Waals surface area contributed by atoms with Gasteiger partial charge in [0.1, 0.15) is 0 Å². The van der Waals surface area contributed by atoms with E-state index >= 15 is 0 Å². The van der Waals surface area contributed by atoms with Gasteiger partial charge in [0.15, 0.2) is 11.6 Å². The fourth-order valence-electron chi connectivity index (χ4n) is 0.699. The highest BCUT2D eigenvalue weighted by Gasteiger charge is 2.14. The molecule has 7 heteroatoms. The number of hydrogen-bond acceptors (Lipinski definition) is 4. The van der Waals surface area contributed by atoms with Gasteiger partial charge >= 0.3 is 10.5 Å². The van der Waals surface area contributed by atoms with Crippen LogP contribution in [0.15, 0.2) is 18.2 Å². The Labute approximate surface area is 73.3 Å². The van der Waals surface area contributed by atoms with Crippen molar-refractivity contribution >= 4 is 16.2 Å². The first kappa shape index (κ1) is 9.72. The number of anilines is 1. The third-order valence-electron chi connectivity index (χ3n) is 1.18. The van der Waals surface area contributed by atoms with Gasteiger partial charge in [-0.15, -0.1) is 0 Å². The van der Waals surface area contributed by atoms with Gasteiger partial charge in [-0.25, -0.2) is 4.39 Å². The fraction of sp³-hybridized carbons (Fsp3) is 0. The van der Waals surface area contributed by atoms with E-state index in [4.69, 9.17) is 5.73 Å². The van der Waals surface area contributed by atoms with Crippen molar-refractivity contribution in [1.82, 2.24) is 0 Å². The SMILES string of the molecule is Nc1cccc(OS(=O)(=O)F)c1F. The van der Waals surface area contributed by atoms with E-state index in [9.17, 15) is 16.7 Å². The molecule has 0 radical (unpaired) electrons. The third-order valence-corrected chi connectivity index (χ3v) is 1.56. The van der Waals surface area contributed by atoms with E-state index in [0.29, 0.717) is 0 Å². The van der Waals surface area contributed by atoms with Crippen molar-refractivity contribution in [2.24, 2.45) is 0 Å². The summed E-state index contributed by atoms with van der Waals surface area (Å²) in [6.07, 6.45) is 0. The van der Waals surface area contributed by atoms with E-state index < -0.39 is 22.1 Å². The fourth-order valence-corrected chi connectivity index (χ4v) is 1.04. The summed E-state index contributed by atoms with van der Waals surface area (Å²) in [5.74, 6) is -1.87. The van der Waals surface area contributed by atoms with Crippen molar-refractivity contribution in [1.29, 1.82) is 0 Å². The van der Waals surface area contributed by atoms with Gasteiger partial charge in [-0.1, -0.05) is 9.95 Å². The quantitative estimate of drug-likeness (QED) is 0.582. The predicted molar refractivity (Wildman–Crippen MR) is 41.5 cm³/mol. The van der Waals surface area contributed by atoms with Crippen molar-refractivity contribution in [3.05, 3.63) is 24.0 Å². The second kappa shape index (κ2) is 3.17. The monoisotopic (exact) mass is 209 g/mol. The standard InChI is InChI=1S/C6H5F2NO3S/c7-6-4(9)2-1-3-5(6)12-13(8,10)11/h1-3H,9H2. The molecule has 0 spiro atoms. The Balaban J connectivity index is 3.10. The molecular formula is C6H5F2NO3S. The van der Waals surface area contributed by atoms with Crippen LogP contribution in [0.1, 0.15) is 0 Å². The number of benzene rings is 1. The molecule has 1 aromatic rings. The minimum Gasteiger partial charge on any atom is -0.396 e. The molecule has 0 saturated carbocycles. The van der Waals surface area contributed by atoms with Crippen LogP contribution < -0.4 is 9.92 Å².